The zero-order valence-electron chi connectivity index (χ0n) is 17.2. The van der Waals surface area contributed by atoms with Crippen LogP contribution in [-0.2, 0) is 4.79 Å². The lowest BCUT2D eigenvalue weighted by Gasteiger charge is -2.26. The van der Waals surface area contributed by atoms with Crippen molar-refractivity contribution in [2.24, 2.45) is 0 Å². The normalized spacial score (nSPS) is 12.7. The lowest BCUT2D eigenvalue weighted by molar-refractivity contribution is -0.121. The van der Waals surface area contributed by atoms with E-state index in [1.54, 1.807) is 31.2 Å². The summed E-state index contributed by atoms with van der Waals surface area (Å²) in [5, 5.41) is 2.81. The van der Waals surface area contributed by atoms with E-state index in [2.05, 4.69) is 10.3 Å². The average molecular weight is 432 g/mol. The topological polar surface area (TPSA) is 64.0 Å². The Kier molecular flexibility index (Phi) is 6.26. The monoisotopic (exact) mass is 431 g/mol. The third-order valence-corrected chi connectivity index (χ3v) is 5.94. The molecule has 0 saturated carbocycles. The smallest absolute Gasteiger partial charge is 0.266 e. The number of hydrogen-bond donors (Lipinski definition) is 1. The van der Waals surface area contributed by atoms with Gasteiger partial charge in [0.15, 0.2) is 5.16 Å². The summed E-state index contributed by atoms with van der Waals surface area (Å²) < 4.78 is 29.1. The first-order valence-electron chi connectivity index (χ1n) is 9.59. The van der Waals surface area contributed by atoms with E-state index in [-0.39, 0.29) is 22.3 Å². The van der Waals surface area contributed by atoms with Crippen molar-refractivity contribution in [2.45, 2.75) is 50.1 Å². The molecule has 0 saturated heterocycles. The SMILES string of the molecule is CCC(C)(C)NC(=O)C(C)Sc1nc2ccccc2c(=O)n1-c1ccc(F)cc1F. The van der Waals surface area contributed by atoms with Crippen molar-refractivity contribution in [3.05, 3.63) is 64.5 Å². The summed E-state index contributed by atoms with van der Waals surface area (Å²) in [5.74, 6) is -1.86. The number of carbonyl (C=O) groups excluding carboxylic acids is 1. The lowest BCUT2D eigenvalue weighted by atomic mass is 10.0. The van der Waals surface area contributed by atoms with Crippen LogP contribution in [0.15, 0.2) is 52.4 Å². The molecule has 3 aromatic rings. The summed E-state index contributed by atoms with van der Waals surface area (Å²) in [7, 11) is 0. The quantitative estimate of drug-likeness (QED) is 0.463. The Balaban J connectivity index is 2.11. The second kappa shape index (κ2) is 8.55. The van der Waals surface area contributed by atoms with Crippen LogP contribution < -0.4 is 10.9 Å². The molecule has 1 heterocycles. The molecule has 1 N–H and O–H groups in total. The fourth-order valence-electron chi connectivity index (χ4n) is 2.80. The van der Waals surface area contributed by atoms with E-state index in [4.69, 9.17) is 0 Å². The largest absolute Gasteiger partial charge is 0.350 e. The predicted molar refractivity (Wildman–Crippen MR) is 115 cm³/mol. The summed E-state index contributed by atoms with van der Waals surface area (Å²) in [6.07, 6.45) is 0.746. The molecule has 0 aliphatic rings. The van der Waals surface area contributed by atoms with Gasteiger partial charge in [-0.2, -0.15) is 0 Å². The molecule has 0 fully saturated rings. The zero-order chi connectivity index (χ0) is 22.1. The molecular formula is C22H23F2N3O2S. The number of aromatic nitrogens is 2. The molecule has 0 radical (unpaired) electrons. The van der Waals surface area contributed by atoms with Crippen LogP contribution in [0.25, 0.3) is 16.6 Å². The van der Waals surface area contributed by atoms with E-state index in [1.165, 1.54) is 6.07 Å². The molecule has 1 atom stereocenters. The lowest BCUT2D eigenvalue weighted by Crippen LogP contribution is -2.46. The number of carbonyl (C=O) groups is 1. The second-order valence-electron chi connectivity index (χ2n) is 7.63. The van der Waals surface area contributed by atoms with E-state index in [1.807, 2.05) is 20.8 Å². The van der Waals surface area contributed by atoms with Gasteiger partial charge in [0.1, 0.15) is 11.6 Å². The summed E-state index contributed by atoms with van der Waals surface area (Å²) in [4.78, 5) is 30.3. The summed E-state index contributed by atoms with van der Waals surface area (Å²) in [5.41, 5.74) is -0.560. The van der Waals surface area contributed by atoms with Crippen LogP contribution in [-0.4, -0.2) is 26.2 Å². The predicted octanol–water partition coefficient (Wildman–Crippen LogP) is 4.45. The fraction of sp³-hybridized carbons (Fsp3) is 0.318. The number of nitrogens with one attached hydrogen (secondary N) is 1. The number of halogens is 2. The number of para-hydroxylation sites is 1. The maximum atomic E-state index is 14.5. The van der Waals surface area contributed by atoms with Crippen LogP contribution in [0.5, 0.6) is 0 Å². The van der Waals surface area contributed by atoms with Crippen molar-refractivity contribution >= 4 is 28.6 Å². The maximum absolute atomic E-state index is 14.5. The molecule has 0 aliphatic carbocycles. The molecule has 2 aromatic carbocycles. The molecule has 1 aromatic heterocycles. The standard InChI is InChI=1S/C22H23F2N3O2S/c1-5-22(3,4)26-19(28)13(2)30-21-25-17-9-7-6-8-15(17)20(29)27(21)18-11-10-14(23)12-16(18)24/h6-13H,5H2,1-4H3,(H,26,28). The summed E-state index contributed by atoms with van der Waals surface area (Å²) in [6.45, 7) is 7.50. The minimum Gasteiger partial charge on any atom is -0.350 e. The van der Waals surface area contributed by atoms with E-state index in [9.17, 15) is 18.4 Å². The van der Waals surface area contributed by atoms with Crippen molar-refractivity contribution in [2.75, 3.05) is 0 Å². The highest BCUT2D eigenvalue weighted by Crippen LogP contribution is 2.27. The molecule has 0 aliphatic heterocycles. The van der Waals surface area contributed by atoms with Gasteiger partial charge in [-0.05, 0) is 51.5 Å². The first kappa shape index (κ1) is 22.0. The van der Waals surface area contributed by atoms with E-state index in [0.717, 1.165) is 28.8 Å². The highest BCUT2D eigenvalue weighted by molar-refractivity contribution is 8.00. The Morgan fingerprint density at radius 2 is 1.93 bits per heavy atom. The van der Waals surface area contributed by atoms with Crippen LogP contribution >= 0.6 is 11.8 Å². The maximum Gasteiger partial charge on any atom is 0.266 e. The van der Waals surface area contributed by atoms with Crippen molar-refractivity contribution in [3.8, 4) is 5.69 Å². The highest BCUT2D eigenvalue weighted by Gasteiger charge is 2.25. The molecule has 1 amide bonds. The number of benzene rings is 2. The third-order valence-electron chi connectivity index (χ3n) is 4.89. The first-order valence-corrected chi connectivity index (χ1v) is 10.5. The Bertz CT molecular complexity index is 1160. The van der Waals surface area contributed by atoms with Crippen molar-refractivity contribution in [3.63, 3.8) is 0 Å². The Morgan fingerprint density at radius 1 is 1.23 bits per heavy atom. The van der Waals surface area contributed by atoms with Gasteiger partial charge in [0.05, 0.1) is 21.8 Å². The van der Waals surface area contributed by atoms with Crippen molar-refractivity contribution < 1.29 is 13.6 Å². The van der Waals surface area contributed by atoms with Crippen LogP contribution in [0.4, 0.5) is 8.78 Å². The van der Waals surface area contributed by atoms with Gasteiger partial charge in [0.25, 0.3) is 5.56 Å². The van der Waals surface area contributed by atoms with Crippen LogP contribution in [0.2, 0.25) is 0 Å². The number of amides is 1. The molecule has 5 nitrogen and oxygen atoms in total. The van der Waals surface area contributed by atoms with E-state index < -0.39 is 22.4 Å². The number of hydrogen-bond acceptors (Lipinski definition) is 4. The van der Waals surface area contributed by atoms with Gasteiger partial charge >= 0.3 is 0 Å². The van der Waals surface area contributed by atoms with E-state index in [0.29, 0.717) is 17.0 Å². The summed E-state index contributed by atoms with van der Waals surface area (Å²) in [6, 6.07) is 9.68. The molecule has 0 bridgehead atoms. The van der Waals surface area contributed by atoms with Crippen LogP contribution in [0.3, 0.4) is 0 Å². The van der Waals surface area contributed by atoms with Gasteiger partial charge in [-0.15, -0.1) is 0 Å². The number of thioether (sulfide) groups is 1. The number of rotatable bonds is 6. The van der Waals surface area contributed by atoms with Gasteiger partial charge in [0, 0.05) is 11.6 Å². The minimum absolute atomic E-state index is 0.122. The number of fused-ring (bicyclic) bond motifs is 1. The zero-order valence-corrected chi connectivity index (χ0v) is 18.0. The van der Waals surface area contributed by atoms with Gasteiger partial charge in [-0.25, -0.2) is 13.8 Å². The van der Waals surface area contributed by atoms with E-state index >= 15 is 0 Å². The molecular weight excluding hydrogens is 408 g/mol. The third kappa shape index (κ3) is 4.53. The van der Waals surface area contributed by atoms with Gasteiger partial charge in [0.2, 0.25) is 5.91 Å². The Morgan fingerprint density at radius 3 is 2.60 bits per heavy atom. The van der Waals surface area contributed by atoms with Gasteiger partial charge in [-0.3, -0.25) is 14.2 Å². The van der Waals surface area contributed by atoms with Crippen LogP contribution in [0, 0.1) is 11.6 Å². The second-order valence-corrected chi connectivity index (χ2v) is 8.94. The average Bonchev–Trinajstić information content (AvgIpc) is 2.69. The minimum atomic E-state index is -0.889. The molecule has 1 unspecified atom stereocenters. The molecule has 0 spiro atoms. The number of nitrogens with zero attached hydrogens (tertiary/aromatic N) is 2. The fourth-order valence-corrected chi connectivity index (χ4v) is 3.72. The Hall–Kier alpha value is -2.74. The first-order chi connectivity index (χ1) is 14.1. The molecule has 3 rings (SSSR count). The highest BCUT2D eigenvalue weighted by atomic mass is 32.2. The molecule has 30 heavy (non-hydrogen) atoms. The summed E-state index contributed by atoms with van der Waals surface area (Å²) >= 11 is 1.05. The molecule has 8 heteroatoms. The Labute approximate surface area is 177 Å². The van der Waals surface area contributed by atoms with Crippen LogP contribution in [0.1, 0.15) is 34.1 Å². The van der Waals surface area contributed by atoms with Gasteiger partial charge < -0.3 is 5.32 Å². The van der Waals surface area contributed by atoms with Gasteiger partial charge in [-0.1, -0.05) is 30.8 Å². The van der Waals surface area contributed by atoms with Crippen molar-refractivity contribution in [1.82, 2.24) is 14.9 Å². The molecule has 158 valence electrons. The van der Waals surface area contributed by atoms with Crippen molar-refractivity contribution in [1.29, 1.82) is 0 Å².